The van der Waals surface area contributed by atoms with Crippen LogP contribution in [0.3, 0.4) is 0 Å². The smallest absolute Gasteiger partial charge is 0.127 e. The number of hydrogen-bond donors (Lipinski definition) is 4. The number of amidine groups is 1. The van der Waals surface area contributed by atoms with Gasteiger partial charge in [-0.2, -0.15) is 0 Å². The molecular weight excluding hydrogens is 316 g/mol. The lowest BCUT2D eigenvalue weighted by atomic mass is 9.95. The summed E-state index contributed by atoms with van der Waals surface area (Å²) >= 11 is 0. The molecule has 0 radical (unpaired) electrons. The van der Waals surface area contributed by atoms with E-state index >= 15 is 0 Å². The lowest BCUT2D eigenvalue weighted by Gasteiger charge is -2.20. The lowest BCUT2D eigenvalue weighted by molar-refractivity contribution is 0.413. The fourth-order valence-corrected chi connectivity index (χ4v) is 2.67. The molecule has 1 aliphatic heterocycles. The average Bonchev–Trinajstić information content (AvgIpc) is 2.62. The standard InChI is InChI=1S/C19H20N4O2/c1-24-13-6-8-15(9-7-13)25-14-4-2-12(3-5-14)16-10-23-11-17(20)18(16)19(21)22/h2-9,11,23H,10,20H2,1H3,(H3,21,22). The Bertz CT molecular complexity index is 837. The first-order chi connectivity index (χ1) is 12.1. The van der Waals surface area contributed by atoms with Gasteiger partial charge in [0.2, 0.25) is 0 Å². The van der Waals surface area contributed by atoms with E-state index in [0.29, 0.717) is 23.6 Å². The molecule has 0 saturated heterocycles. The highest BCUT2D eigenvalue weighted by atomic mass is 16.5. The predicted molar refractivity (Wildman–Crippen MR) is 98.6 cm³/mol. The minimum Gasteiger partial charge on any atom is -0.497 e. The molecule has 6 nitrogen and oxygen atoms in total. The number of methoxy groups -OCH3 is 1. The van der Waals surface area contributed by atoms with Crippen LogP contribution in [0.25, 0.3) is 5.57 Å². The molecule has 128 valence electrons. The number of hydrogen-bond acceptors (Lipinski definition) is 5. The Labute approximate surface area is 146 Å². The third-order valence-corrected chi connectivity index (χ3v) is 3.89. The van der Waals surface area contributed by atoms with Crippen molar-refractivity contribution in [3.05, 3.63) is 71.6 Å². The molecule has 25 heavy (non-hydrogen) atoms. The highest BCUT2D eigenvalue weighted by Gasteiger charge is 2.17. The molecule has 0 aromatic heterocycles. The van der Waals surface area contributed by atoms with Crippen LogP contribution >= 0.6 is 0 Å². The number of ether oxygens (including phenoxy) is 2. The summed E-state index contributed by atoms with van der Waals surface area (Å²) in [6.45, 7) is 0.564. The molecular formula is C19H20N4O2. The fraction of sp³-hybridized carbons (Fsp3) is 0.105. The Morgan fingerprint density at radius 1 is 1.00 bits per heavy atom. The van der Waals surface area contributed by atoms with Gasteiger partial charge in [-0.3, -0.25) is 5.41 Å². The van der Waals surface area contributed by atoms with E-state index in [1.54, 1.807) is 13.3 Å². The zero-order chi connectivity index (χ0) is 17.8. The van der Waals surface area contributed by atoms with Crippen molar-refractivity contribution in [2.45, 2.75) is 0 Å². The van der Waals surface area contributed by atoms with Gasteiger partial charge in [-0.15, -0.1) is 0 Å². The van der Waals surface area contributed by atoms with E-state index < -0.39 is 0 Å². The summed E-state index contributed by atoms with van der Waals surface area (Å²) in [5.41, 5.74) is 14.5. The van der Waals surface area contributed by atoms with Gasteiger partial charge in [0, 0.05) is 18.3 Å². The molecule has 1 aliphatic rings. The second kappa shape index (κ2) is 7.00. The van der Waals surface area contributed by atoms with Crippen molar-refractivity contribution in [1.29, 1.82) is 5.41 Å². The lowest BCUT2D eigenvalue weighted by Crippen LogP contribution is -2.28. The fourth-order valence-electron chi connectivity index (χ4n) is 2.67. The Hall–Kier alpha value is -3.41. The zero-order valence-corrected chi connectivity index (χ0v) is 13.9. The van der Waals surface area contributed by atoms with E-state index in [4.69, 9.17) is 26.4 Å². The second-order valence-electron chi connectivity index (χ2n) is 5.55. The quantitative estimate of drug-likeness (QED) is 0.496. The summed E-state index contributed by atoms with van der Waals surface area (Å²) in [4.78, 5) is 0. The molecule has 0 fully saturated rings. The number of dihydropyridines is 1. The van der Waals surface area contributed by atoms with Gasteiger partial charge in [-0.1, -0.05) is 12.1 Å². The molecule has 0 spiro atoms. The van der Waals surface area contributed by atoms with Crippen LogP contribution in [0.5, 0.6) is 17.2 Å². The summed E-state index contributed by atoms with van der Waals surface area (Å²) in [5, 5.41) is 10.9. The van der Waals surface area contributed by atoms with Crippen LogP contribution in [-0.4, -0.2) is 19.5 Å². The zero-order valence-electron chi connectivity index (χ0n) is 13.9. The maximum atomic E-state index is 7.76. The average molecular weight is 336 g/mol. The van der Waals surface area contributed by atoms with Gasteiger partial charge >= 0.3 is 0 Å². The minimum atomic E-state index is -0.0381. The molecule has 3 rings (SSSR count). The van der Waals surface area contributed by atoms with Crippen LogP contribution in [0.1, 0.15) is 5.56 Å². The monoisotopic (exact) mass is 336 g/mol. The third-order valence-electron chi connectivity index (χ3n) is 3.89. The first-order valence-electron chi connectivity index (χ1n) is 7.78. The van der Waals surface area contributed by atoms with E-state index in [2.05, 4.69) is 5.32 Å². The van der Waals surface area contributed by atoms with Gasteiger partial charge in [0.1, 0.15) is 23.1 Å². The van der Waals surface area contributed by atoms with E-state index in [1.165, 1.54) is 0 Å². The normalized spacial score (nSPS) is 13.7. The second-order valence-corrected chi connectivity index (χ2v) is 5.55. The van der Waals surface area contributed by atoms with Crippen LogP contribution in [0.4, 0.5) is 0 Å². The molecule has 2 aromatic carbocycles. The SMILES string of the molecule is COc1ccc(Oc2ccc(C3=C(C(=N)N)C(N)=CNC3)cc2)cc1. The largest absolute Gasteiger partial charge is 0.497 e. The summed E-state index contributed by atoms with van der Waals surface area (Å²) in [6, 6.07) is 15.0. The van der Waals surface area contributed by atoms with E-state index in [1.807, 2.05) is 48.5 Å². The summed E-state index contributed by atoms with van der Waals surface area (Å²) in [5.74, 6) is 2.18. The van der Waals surface area contributed by atoms with Crippen LogP contribution in [0.2, 0.25) is 0 Å². The molecule has 0 bridgehead atoms. The van der Waals surface area contributed by atoms with Gasteiger partial charge < -0.3 is 26.3 Å². The van der Waals surface area contributed by atoms with E-state index in [9.17, 15) is 0 Å². The molecule has 2 aromatic rings. The van der Waals surface area contributed by atoms with Crippen LogP contribution in [-0.2, 0) is 0 Å². The highest BCUT2D eigenvalue weighted by molar-refractivity contribution is 6.06. The van der Waals surface area contributed by atoms with E-state index in [-0.39, 0.29) is 5.84 Å². The molecule has 0 amide bonds. The molecule has 0 saturated carbocycles. The van der Waals surface area contributed by atoms with Crippen LogP contribution in [0.15, 0.2) is 66.0 Å². The molecule has 0 aliphatic carbocycles. The van der Waals surface area contributed by atoms with E-state index in [0.717, 1.165) is 22.6 Å². The number of rotatable bonds is 5. The van der Waals surface area contributed by atoms with Gasteiger partial charge in [-0.25, -0.2) is 0 Å². The minimum absolute atomic E-state index is 0.0381. The highest BCUT2D eigenvalue weighted by Crippen LogP contribution is 2.28. The Morgan fingerprint density at radius 2 is 1.56 bits per heavy atom. The number of nitrogens with two attached hydrogens (primary N) is 2. The first kappa shape index (κ1) is 16.4. The van der Waals surface area contributed by atoms with Crippen LogP contribution < -0.4 is 26.3 Å². The summed E-state index contributed by atoms with van der Waals surface area (Å²) < 4.78 is 11.0. The third kappa shape index (κ3) is 3.58. The maximum Gasteiger partial charge on any atom is 0.127 e. The Morgan fingerprint density at radius 3 is 2.12 bits per heavy atom. The van der Waals surface area contributed by atoms with Crippen molar-refractivity contribution in [2.75, 3.05) is 13.7 Å². The molecule has 6 N–H and O–H groups in total. The van der Waals surface area contributed by atoms with Crippen LogP contribution in [0, 0.1) is 5.41 Å². The van der Waals surface area contributed by atoms with Crippen molar-refractivity contribution in [1.82, 2.24) is 5.32 Å². The molecule has 0 atom stereocenters. The summed E-state index contributed by atoms with van der Waals surface area (Å²) in [7, 11) is 1.63. The molecule has 1 heterocycles. The van der Waals surface area contributed by atoms with Crippen molar-refractivity contribution >= 4 is 11.4 Å². The van der Waals surface area contributed by atoms with Gasteiger partial charge in [0.05, 0.1) is 12.8 Å². The number of benzene rings is 2. The predicted octanol–water partition coefficient (Wildman–Crippen LogP) is 2.58. The molecule has 0 unspecified atom stereocenters. The summed E-state index contributed by atoms with van der Waals surface area (Å²) in [6.07, 6.45) is 1.67. The van der Waals surface area contributed by atoms with Crippen molar-refractivity contribution in [2.24, 2.45) is 11.5 Å². The van der Waals surface area contributed by atoms with Crippen molar-refractivity contribution in [3.8, 4) is 17.2 Å². The topological polar surface area (TPSA) is 106 Å². The van der Waals surface area contributed by atoms with Crippen molar-refractivity contribution < 1.29 is 9.47 Å². The number of nitrogens with one attached hydrogen (secondary N) is 2. The van der Waals surface area contributed by atoms with Gasteiger partial charge in [0.25, 0.3) is 0 Å². The van der Waals surface area contributed by atoms with Gasteiger partial charge in [0.15, 0.2) is 0 Å². The maximum absolute atomic E-state index is 7.76. The first-order valence-corrected chi connectivity index (χ1v) is 7.78. The molecule has 6 heteroatoms. The van der Waals surface area contributed by atoms with Crippen molar-refractivity contribution in [3.63, 3.8) is 0 Å². The Kier molecular flexibility index (Phi) is 4.61. The van der Waals surface area contributed by atoms with Gasteiger partial charge in [-0.05, 0) is 47.5 Å². The Balaban J connectivity index is 1.83.